The first kappa shape index (κ1) is 13.2. The maximum atomic E-state index is 13.5. The number of halogens is 1. The number of nitrogens with one attached hydrogen (secondary N) is 1. The molecular weight excluding hydrogens is 243 g/mol. The Balaban J connectivity index is 2.27. The quantitative estimate of drug-likeness (QED) is 0.888. The van der Waals surface area contributed by atoms with Crippen LogP contribution < -0.4 is 11.1 Å². The Morgan fingerprint density at radius 3 is 2.47 bits per heavy atom. The zero-order chi connectivity index (χ0) is 13.8. The third kappa shape index (κ3) is 2.98. The predicted octanol–water partition coefficient (Wildman–Crippen LogP) is 3.10. The van der Waals surface area contributed by atoms with Crippen molar-refractivity contribution in [3.8, 4) is 0 Å². The molecule has 0 aromatic heterocycles. The van der Waals surface area contributed by atoms with Gasteiger partial charge in [0.2, 0.25) is 0 Å². The van der Waals surface area contributed by atoms with E-state index in [1.165, 1.54) is 12.1 Å². The minimum absolute atomic E-state index is 0.0157. The van der Waals surface area contributed by atoms with E-state index < -0.39 is 11.7 Å². The van der Waals surface area contributed by atoms with E-state index in [0.717, 1.165) is 5.56 Å². The fraction of sp³-hybridized carbons (Fsp3) is 0.133. The lowest BCUT2D eigenvalue weighted by molar-refractivity contribution is 0.102. The van der Waals surface area contributed by atoms with Crippen LogP contribution in [-0.4, -0.2) is 5.91 Å². The van der Waals surface area contributed by atoms with Crippen LogP contribution in [-0.2, 0) is 0 Å². The van der Waals surface area contributed by atoms with E-state index >= 15 is 0 Å². The molecule has 0 aliphatic heterocycles. The van der Waals surface area contributed by atoms with E-state index in [1.807, 2.05) is 19.1 Å². The van der Waals surface area contributed by atoms with Gasteiger partial charge in [0.1, 0.15) is 5.82 Å². The fourth-order valence-electron chi connectivity index (χ4n) is 1.84. The van der Waals surface area contributed by atoms with E-state index in [1.54, 1.807) is 24.3 Å². The van der Waals surface area contributed by atoms with Gasteiger partial charge in [0.15, 0.2) is 0 Å². The van der Waals surface area contributed by atoms with E-state index in [-0.39, 0.29) is 11.6 Å². The highest BCUT2D eigenvalue weighted by Gasteiger charge is 2.13. The zero-order valence-electron chi connectivity index (χ0n) is 10.6. The van der Waals surface area contributed by atoms with Gasteiger partial charge in [-0.3, -0.25) is 4.79 Å². The van der Waals surface area contributed by atoms with Crippen LogP contribution in [0.3, 0.4) is 0 Å². The van der Waals surface area contributed by atoms with Crippen LogP contribution in [0.25, 0.3) is 0 Å². The van der Waals surface area contributed by atoms with E-state index in [9.17, 15) is 9.18 Å². The number of amides is 1. The summed E-state index contributed by atoms with van der Waals surface area (Å²) in [5.74, 6) is -1.02. The lowest BCUT2D eigenvalue weighted by Gasteiger charge is -2.13. The van der Waals surface area contributed by atoms with Crippen molar-refractivity contribution in [2.75, 3.05) is 5.32 Å². The van der Waals surface area contributed by atoms with Crippen LogP contribution in [0.5, 0.6) is 0 Å². The number of hydrogen-bond donors (Lipinski definition) is 2. The van der Waals surface area contributed by atoms with Gasteiger partial charge in [0.05, 0.1) is 5.56 Å². The van der Waals surface area contributed by atoms with Gasteiger partial charge in [-0.25, -0.2) is 4.39 Å². The summed E-state index contributed by atoms with van der Waals surface area (Å²) in [5, 5.41) is 2.69. The number of carbonyl (C=O) groups excluding carboxylic acids is 1. The van der Waals surface area contributed by atoms with E-state index in [4.69, 9.17) is 5.73 Å². The topological polar surface area (TPSA) is 55.1 Å². The second kappa shape index (κ2) is 5.63. The number of carbonyl (C=O) groups is 1. The molecule has 0 radical (unpaired) electrons. The third-order valence-electron chi connectivity index (χ3n) is 2.82. The van der Waals surface area contributed by atoms with Crippen LogP contribution >= 0.6 is 0 Å². The van der Waals surface area contributed by atoms with Gasteiger partial charge < -0.3 is 11.1 Å². The summed E-state index contributed by atoms with van der Waals surface area (Å²) in [4.78, 5) is 12.0. The van der Waals surface area contributed by atoms with Crippen LogP contribution in [0.4, 0.5) is 10.1 Å². The van der Waals surface area contributed by atoms with Gasteiger partial charge in [-0.2, -0.15) is 0 Å². The highest BCUT2D eigenvalue weighted by molar-refractivity contribution is 6.04. The molecule has 3 N–H and O–H groups in total. The lowest BCUT2D eigenvalue weighted by Crippen LogP contribution is -2.17. The molecule has 1 atom stereocenters. The lowest BCUT2D eigenvalue weighted by atomic mass is 10.1. The summed E-state index contributed by atoms with van der Waals surface area (Å²) >= 11 is 0. The Hall–Kier alpha value is -2.20. The zero-order valence-corrected chi connectivity index (χ0v) is 10.6. The second-order valence-corrected chi connectivity index (χ2v) is 4.31. The molecule has 4 heteroatoms. The van der Waals surface area contributed by atoms with E-state index in [2.05, 4.69) is 5.32 Å². The van der Waals surface area contributed by atoms with Gasteiger partial charge >= 0.3 is 0 Å². The molecule has 0 aliphatic carbocycles. The van der Waals surface area contributed by atoms with Crippen molar-refractivity contribution >= 4 is 11.6 Å². The molecule has 0 fully saturated rings. The maximum Gasteiger partial charge on any atom is 0.258 e. The first-order valence-electron chi connectivity index (χ1n) is 6.00. The van der Waals surface area contributed by atoms with Gasteiger partial charge in [-0.1, -0.05) is 30.3 Å². The predicted molar refractivity (Wildman–Crippen MR) is 73.4 cm³/mol. The second-order valence-electron chi connectivity index (χ2n) is 4.31. The number of rotatable bonds is 3. The molecule has 2 rings (SSSR count). The summed E-state index contributed by atoms with van der Waals surface area (Å²) < 4.78 is 13.5. The van der Waals surface area contributed by atoms with Crippen LogP contribution in [0.15, 0.2) is 48.5 Å². The number of nitrogens with two attached hydrogens (primary N) is 1. The Labute approximate surface area is 111 Å². The molecule has 0 bridgehead atoms. The molecule has 2 aromatic carbocycles. The average Bonchev–Trinajstić information content (AvgIpc) is 2.39. The van der Waals surface area contributed by atoms with Gasteiger partial charge in [0, 0.05) is 11.7 Å². The Kier molecular flexibility index (Phi) is 3.92. The van der Waals surface area contributed by atoms with Crippen molar-refractivity contribution in [3.05, 3.63) is 65.5 Å². The monoisotopic (exact) mass is 258 g/mol. The summed E-state index contributed by atoms with van der Waals surface area (Å²) in [5.41, 5.74) is 7.26. The number of anilines is 1. The molecule has 1 unspecified atom stereocenters. The van der Waals surface area contributed by atoms with Crippen LogP contribution in [0, 0.1) is 5.82 Å². The van der Waals surface area contributed by atoms with Gasteiger partial charge in [-0.15, -0.1) is 0 Å². The largest absolute Gasteiger partial charge is 0.324 e. The van der Waals surface area contributed by atoms with Gasteiger partial charge in [-0.05, 0) is 30.7 Å². The molecule has 3 nitrogen and oxygen atoms in total. The van der Waals surface area contributed by atoms with E-state index in [0.29, 0.717) is 5.69 Å². The molecule has 98 valence electrons. The molecule has 19 heavy (non-hydrogen) atoms. The van der Waals surface area contributed by atoms with Crippen molar-refractivity contribution in [2.24, 2.45) is 5.73 Å². The summed E-state index contributed by atoms with van der Waals surface area (Å²) in [7, 11) is 0. The molecule has 0 heterocycles. The van der Waals surface area contributed by atoms with Gasteiger partial charge in [0.25, 0.3) is 5.91 Å². The normalized spacial score (nSPS) is 11.9. The number of hydrogen-bond acceptors (Lipinski definition) is 2. The number of para-hydroxylation sites is 1. The van der Waals surface area contributed by atoms with Crippen molar-refractivity contribution < 1.29 is 9.18 Å². The standard InChI is InChI=1S/C15H15FN2O/c1-10(17)11-6-3-5-9-14(11)18-15(19)12-7-2-4-8-13(12)16/h2-10H,17H2,1H3,(H,18,19). The summed E-state index contributed by atoms with van der Waals surface area (Å²) in [6.45, 7) is 1.83. The first-order valence-corrected chi connectivity index (χ1v) is 6.00. The van der Waals surface area contributed by atoms with Crippen LogP contribution in [0.2, 0.25) is 0 Å². The third-order valence-corrected chi connectivity index (χ3v) is 2.82. The number of benzene rings is 2. The molecule has 0 spiro atoms. The molecule has 1 amide bonds. The van der Waals surface area contributed by atoms with Crippen molar-refractivity contribution in [2.45, 2.75) is 13.0 Å². The molecule has 0 aliphatic rings. The SMILES string of the molecule is CC(N)c1ccccc1NC(=O)c1ccccc1F. The fourth-order valence-corrected chi connectivity index (χ4v) is 1.84. The highest BCUT2D eigenvalue weighted by atomic mass is 19.1. The summed E-state index contributed by atoms with van der Waals surface area (Å²) in [6, 6.07) is 12.9. The van der Waals surface area contributed by atoms with Crippen molar-refractivity contribution in [1.82, 2.24) is 0 Å². The highest BCUT2D eigenvalue weighted by Crippen LogP contribution is 2.21. The molecular formula is C15H15FN2O. The van der Waals surface area contributed by atoms with Crippen molar-refractivity contribution in [3.63, 3.8) is 0 Å². The Morgan fingerprint density at radius 2 is 1.79 bits per heavy atom. The average molecular weight is 258 g/mol. The maximum absolute atomic E-state index is 13.5. The Morgan fingerprint density at radius 1 is 1.16 bits per heavy atom. The first-order chi connectivity index (χ1) is 9.09. The molecule has 0 saturated carbocycles. The minimum Gasteiger partial charge on any atom is -0.324 e. The van der Waals surface area contributed by atoms with Crippen LogP contribution in [0.1, 0.15) is 28.9 Å². The molecule has 2 aromatic rings. The summed E-state index contributed by atoms with van der Waals surface area (Å²) in [6.07, 6.45) is 0. The minimum atomic E-state index is -0.543. The Bertz CT molecular complexity index is 596. The molecule has 0 saturated heterocycles. The van der Waals surface area contributed by atoms with Crippen molar-refractivity contribution in [1.29, 1.82) is 0 Å². The smallest absolute Gasteiger partial charge is 0.258 e.